The normalized spacial score (nSPS) is 18.2. The summed E-state index contributed by atoms with van der Waals surface area (Å²) in [5.74, 6) is 1.39. The van der Waals surface area contributed by atoms with E-state index < -0.39 is 0 Å². The Balaban J connectivity index is 1.51. The molecule has 1 fully saturated rings. The lowest BCUT2D eigenvalue weighted by atomic mass is 9.99. The fraction of sp³-hybridized carbons (Fsp3) is 0.333. The molecule has 1 saturated heterocycles. The molecule has 1 atom stereocenters. The minimum Gasteiger partial charge on any atom is -0.380 e. The molecule has 0 bridgehead atoms. The van der Waals surface area contributed by atoms with E-state index in [1.54, 1.807) is 0 Å². The van der Waals surface area contributed by atoms with Crippen molar-refractivity contribution in [2.24, 2.45) is 0 Å². The largest absolute Gasteiger partial charge is 0.380 e. The molecule has 1 aliphatic rings. The zero-order chi connectivity index (χ0) is 15.5. The highest BCUT2D eigenvalue weighted by Crippen LogP contribution is 2.21. The Morgan fingerprint density at radius 3 is 2.91 bits per heavy atom. The number of hydrogen-bond acceptors (Lipinski definition) is 4. The summed E-state index contributed by atoms with van der Waals surface area (Å²) < 4.78 is 1.89. The lowest BCUT2D eigenvalue weighted by Gasteiger charge is -2.19. The summed E-state index contributed by atoms with van der Waals surface area (Å²) in [6, 6.07) is 14.5. The van der Waals surface area contributed by atoms with Crippen molar-refractivity contribution in [2.45, 2.75) is 25.3 Å². The Hall–Kier alpha value is -2.40. The Bertz CT molecular complexity index is 774. The number of nitrogens with one attached hydrogen (secondary N) is 2. The summed E-state index contributed by atoms with van der Waals surface area (Å²) in [5.41, 5.74) is 3.23. The van der Waals surface area contributed by atoms with Crippen molar-refractivity contribution in [3.8, 4) is 0 Å². The van der Waals surface area contributed by atoms with Crippen molar-refractivity contribution in [1.29, 1.82) is 0 Å². The zero-order valence-electron chi connectivity index (χ0n) is 13.1. The van der Waals surface area contributed by atoms with Gasteiger partial charge in [0.15, 0.2) is 11.5 Å². The van der Waals surface area contributed by atoms with Crippen molar-refractivity contribution in [2.75, 3.05) is 18.4 Å². The van der Waals surface area contributed by atoms with Crippen LogP contribution in [0.3, 0.4) is 0 Å². The van der Waals surface area contributed by atoms with Gasteiger partial charge in [0.2, 0.25) is 0 Å². The van der Waals surface area contributed by atoms with Crippen molar-refractivity contribution < 1.29 is 0 Å². The molecule has 3 aromatic rings. The molecule has 0 radical (unpaired) electrons. The van der Waals surface area contributed by atoms with Gasteiger partial charge in [-0.1, -0.05) is 30.3 Å². The average Bonchev–Trinajstić information content (AvgIpc) is 3.05. The number of pyridine rings is 1. The molecule has 0 saturated carbocycles. The van der Waals surface area contributed by atoms with Crippen LogP contribution in [0.5, 0.6) is 0 Å². The summed E-state index contributed by atoms with van der Waals surface area (Å²) in [5, 5.41) is 11.5. The van der Waals surface area contributed by atoms with Crippen molar-refractivity contribution in [3.05, 3.63) is 60.0 Å². The van der Waals surface area contributed by atoms with Gasteiger partial charge in [-0.15, -0.1) is 0 Å². The van der Waals surface area contributed by atoms with E-state index in [0.717, 1.165) is 36.8 Å². The highest BCUT2D eigenvalue weighted by atomic mass is 15.3. The van der Waals surface area contributed by atoms with Crippen LogP contribution < -0.4 is 10.6 Å². The van der Waals surface area contributed by atoms with E-state index in [4.69, 9.17) is 0 Å². The first-order valence-electron chi connectivity index (χ1n) is 8.23. The number of hydrogen-bond donors (Lipinski definition) is 2. The minimum absolute atomic E-state index is 0.435. The maximum Gasteiger partial charge on any atom is 0.156 e. The molecule has 1 aliphatic heterocycles. The molecule has 2 aromatic heterocycles. The number of piperidine rings is 1. The topological polar surface area (TPSA) is 54.2 Å². The summed E-state index contributed by atoms with van der Waals surface area (Å²) in [7, 11) is 0. The zero-order valence-corrected chi connectivity index (χ0v) is 13.1. The van der Waals surface area contributed by atoms with Gasteiger partial charge in [0, 0.05) is 19.0 Å². The SMILES string of the molecule is c1ccc(CNc2ccc3nc(C4CCCNC4)nn3c2)cc1. The number of aromatic nitrogens is 3. The number of fused-ring (bicyclic) bond motifs is 1. The third-order valence-electron chi connectivity index (χ3n) is 4.35. The molecule has 5 heteroatoms. The van der Waals surface area contributed by atoms with Gasteiger partial charge < -0.3 is 10.6 Å². The van der Waals surface area contributed by atoms with E-state index >= 15 is 0 Å². The Labute approximate surface area is 135 Å². The van der Waals surface area contributed by atoms with Gasteiger partial charge in [0.05, 0.1) is 11.9 Å². The van der Waals surface area contributed by atoms with Gasteiger partial charge in [-0.3, -0.25) is 0 Å². The van der Waals surface area contributed by atoms with Gasteiger partial charge in [0.1, 0.15) is 0 Å². The van der Waals surface area contributed by atoms with Gasteiger partial charge in [-0.05, 0) is 37.1 Å². The van der Waals surface area contributed by atoms with E-state index in [0.29, 0.717) is 5.92 Å². The van der Waals surface area contributed by atoms with E-state index in [-0.39, 0.29) is 0 Å². The predicted molar refractivity (Wildman–Crippen MR) is 91.6 cm³/mol. The number of benzene rings is 1. The van der Waals surface area contributed by atoms with Crippen molar-refractivity contribution in [3.63, 3.8) is 0 Å². The maximum atomic E-state index is 4.68. The van der Waals surface area contributed by atoms with E-state index in [9.17, 15) is 0 Å². The molecular weight excluding hydrogens is 286 g/mol. The van der Waals surface area contributed by atoms with E-state index in [1.165, 1.54) is 18.4 Å². The van der Waals surface area contributed by atoms with Crippen LogP contribution in [0.4, 0.5) is 5.69 Å². The predicted octanol–water partition coefficient (Wildman–Crippen LogP) is 2.81. The fourth-order valence-electron chi connectivity index (χ4n) is 3.05. The summed E-state index contributed by atoms with van der Waals surface area (Å²) >= 11 is 0. The molecule has 0 aliphatic carbocycles. The van der Waals surface area contributed by atoms with Crippen LogP contribution in [0.25, 0.3) is 5.65 Å². The fourth-order valence-corrected chi connectivity index (χ4v) is 3.05. The Morgan fingerprint density at radius 2 is 2.09 bits per heavy atom. The molecule has 5 nitrogen and oxygen atoms in total. The molecule has 4 rings (SSSR count). The van der Waals surface area contributed by atoms with Gasteiger partial charge >= 0.3 is 0 Å². The Kier molecular flexibility index (Phi) is 3.94. The third kappa shape index (κ3) is 3.19. The third-order valence-corrected chi connectivity index (χ3v) is 4.35. The molecule has 0 amide bonds. The number of rotatable bonds is 4. The average molecular weight is 307 g/mol. The van der Waals surface area contributed by atoms with E-state index in [2.05, 4.69) is 51.0 Å². The maximum absolute atomic E-state index is 4.68. The lowest BCUT2D eigenvalue weighted by molar-refractivity contribution is 0.447. The molecule has 3 heterocycles. The lowest BCUT2D eigenvalue weighted by Crippen LogP contribution is -2.28. The number of nitrogens with zero attached hydrogens (tertiary/aromatic N) is 3. The molecule has 2 N–H and O–H groups in total. The Morgan fingerprint density at radius 1 is 1.17 bits per heavy atom. The van der Waals surface area contributed by atoms with Crippen LogP contribution in [0.2, 0.25) is 0 Å². The van der Waals surface area contributed by atoms with Crippen molar-refractivity contribution >= 4 is 11.3 Å². The van der Waals surface area contributed by atoms with Crippen LogP contribution in [0.1, 0.15) is 30.1 Å². The van der Waals surface area contributed by atoms with Crippen LogP contribution >= 0.6 is 0 Å². The quantitative estimate of drug-likeness (QED) is 0.778. The van der Waals surface area contributed by atoms with Gasteiger partial charge in [0.25, 0.3) is 0 Å². The highest BCUT2D eigenvalue weighted by molar-refractivity contribution is 5.49. The summed E-state index contributed by atoms with van der Waals surface area (Å²) in [4.78, 5) is 4.68. The van der Waals surface area contributed by atoms with Crippen LogP contribution in [0, 0.1) is 0 Å². The first-order chi connectivity index (χ1) is 11.4. The second kappa shape index (κ2) is 6.38. The van der Waals surface area contributed by atoms with Gasteiger partial charge in [-0.2, -0.15) is 5.10 Å². The van der Waals surface area contributed by atoms with Crippen LogP contribution in [-0.4, -0.2) is 27.7 Å². The second-order valence-corrected chi connectivity index (χ2v) is 6.07. The molecule has 1 aromatic carbocycles. The minimum atomic E-state index is 0.435. The molecule has 118 valence electrons. The smallest absolute Gasteiger partial charge is 0.156 e. The summed E-state index contributed by atoms with van der Waals surface area (Å²) in [6.07, 6.45) is 4.39. The van der Waals surface area contributed by atoms with Crippen molar-refractivity contribution in [1.82, 2.24) is 19.9 Å². The molecule has 0 spiro atoms. The highest BCUT2D eigenvalue weighted by Gasteiger charge is 2.19. The van der Waals surface area contributed by atoms with E-state index in [1.807, 2.05) is 22.8 Å². The van der Waals surface area contributed by atoms with Crippen LogP contribution in [-0.2, 0) is 6.54 Å². The molecule has 23 heavy (non-hydrogen) atoms. The molecule has 1 unspecified atom stereocenters. The monoisotopic (exact) mass is 307 g/mol. The standard InChI is InChI=1S/C18H21N5/c1-2-5-14(6-3-1)11-20-16-8-9-17-21-18(22-23(17)13-16)15-7-4-10-19-12-15/h1-3,5-6,8-9,13,15,19-20H,4,7,10-12H2. The van der Waals surface area contributed by atoms with Gasteiger partial charge in [-0.25, -0.2) is 9.50 Å². The second-order valence-electron chi connectivity index (χ2n) is 6.07. The number of anilines is 1. The summed E-state index contributed by atoms with van der Waals surface area (Å²) in [6.45, 7) is 2.90. The van der Waals surface area contributed by atoms with Crippen LogP contribution in [0.15, 0.2) is 48.7 Å². The first kappa shape index (κ1) is 14.2. The molecular formula is C18H21N5. The first-order valence-corrected chi connectivity index (χ1v) is 8.23.